The van der Waals surface area contributed by atoms with Crippen molar-refractivity contribution in [1.29, 1.82) is 0 Å². The van der Waals surface area contributed by atoms with Crippen LogP contribution in [-0.2, 0) is 11.3 Å². The van der Waals surface area contributed by atoms with Crippen LogP contribution in [0.2, 0.25) is 5.02 Å². The Morgan fingerprint density at radius 2 is 1.79 bits per heavy atom. The average Bonchev–Trinajstić information content (AvgIpc) is 3.43. The zero-order valence-electron chi connectivity index (χ0n) is 20.7. The number of rotatable bonds is 5. The van der Waals surface area contributed by atoms with Crippen molar-refractivity contribution >= 4 is 40.4 Å². The highest BCUT2D eigenvalue weighted by molar-refractivity contribution is 6.35. The molecule has 0 saturated carbocycles. The van der Waals surface area contributed by atoms with Gasteiger partial charge >= 0.3 is 0 Å². The molecule has 2 amide bonds. The number of benzene rings is 2. The SMILES string of the molecule is O=C(/C=C1/c2ccccc2N(C(=O)c2ccc(N3CCCC3)cc2Cl)CCC1(F)F)NCc1ccccn1. The summed E-state index contributed by atoms with van der Waals surface area (Å²) in [6.07, 6.45) is 4.08. The molecule has 5 rings (SSSR count). The van der Waals surface area contributed by atoms with Gasteiger partial charge in [-0.1, -0.05) is 35.9 Å². The van der Waals surface area contributed by atoms with Crippen molar-refractivity contribution in [3.63, 3.8) is 0 Å². The third-order valence-electron chi connectivity index (χ3n) is 6.87. The second-order valence-corrected chi connectivity index (χ2v) is 9.79. The summed E-state index contributed by atoms with van der Waals surface area (Å²) in [6.45, 7) is 1.73. The molecule has 2 aliphatic heterocycles. The summed E-state index contributed by atoms with van der Waals surface area (Å²) < 4.78 is 30.9. The Labute approximate surface area is 224 Å². The van der Waals surface area contributed by atoms with Crippen molar-refractivity contribution in [2.45, 2.75) is 31.7 Å². The number of anilines is 2. The first-order valence-corrected chi connectivity index (χ1v) is 12.9. The summed E-state index contributed by atoms with van der Waals surface area (Å²) in [5.41, 5.74) is 1.79. The zero-order valence-corrected chi connectivity index (χ0v) is 21.4. The first kappa shape index (κ1) is 25.9. The highest BCUT2D eigenvalue weighted by atomic mass is 35.5. The molecule has 1 saturated heterocycles. The van der Waals surface area contributed by atoms with Gasteiger partial charge in [-0.2, -0.15) is 0 Å². The smallest absolute Gasteiger partial charge is 0.275 e. The highest BCUT2D eigenvalue weighted by Gasteiger charge is 2.41. The van der Waals surface area contributed by atoms with Crippen LogP contribution in [0.25, 0.3) is 5.57 Å². The number of allylic oxidation sites excluding steroid dienone is 1. The van der Waals surface area contributed by atoms with Gasteiger partial charge in [0, 0.05) is 55.2 Å². The molecule has 9 heteroatoms. The van der Waals surface area contributed by atoms with Gasteiger partial charge in [-0.25, -0.2) is 8.78 Å². The normalized spacial score (nSPS) is 17.7. The standard InChI is InChI=1S/C29H27ClF2N4O2/c30-25-17-21(35-14-5-6-15-35)10-11-23(25)28(38)36-16-12-29(31,32)24(22-8-1-2-9-26(22)36)18-27(37)34-19-20-7-3-4-13-33-20/h1-4,7-11,13,17-18H,5-6,12,14-16,19H2,(H,34,37)/b24-18-. The highest BCUT2D eigenvalue weighted by Crippen LogP contribution is 2.43. The first-order valence-electron chi connectivity index (χ1n) is 12.6. The lowest BCUT2D eigenvalue weighted by molar-refractivity contribution is -0.116. The Hall–Kier alpha value is -3.78. The third-order valence-corrected chi connectivity index (χ3v) is 7.19. The van der Waals surface area contributed by atoms with Gasteiger partial charge in [0.25, 0.3) is 11.8 Å². The van der Waals surface area contributed by atoms with Gasteiger partial charge in [-0.05, 0) is 49.2 Å². The lowest BCUT2D eigenvalue weighted by atomic mass is 9.97. The minimum atomic E-state index is -3.34. The topological polar surface area (TPSA) is 65.5 Å². The number of hydrogen-bond acceptors (Lipinski definition) is 4. The van der Waals surface area contributed by atoms with Crippen LogP contribution in [0.1, 0.15) is 40.9 Å². The minimum Gasteiger partial charge on any atom is -0.371 e. The van der Waals surface area contributed by atoms with Crippen LogP contribution in [0.4, 0.5) is 20.2 Å². The maximum Gasteiger partial charge on any atom is 0.275 e. The van der Waals surface area contributed by atoms with E-state index < -0.39 is 29.7 Å². The van der Waals surface area contributed by atoms with E-state index in [0.717, 1.165) is 37.7 Å². The fraction of sp³-hybridized carbons (Fsp3) is 0.276. The Morgan fingerprint density at radius 3 is 2.53 bits per heavy atom. The summed E-state index contributed by atoms with van der Waals surface area (Å²) in [5.74, 6) is -4.47. The molecule has 0 bridgehead atoms. The summed E-state index contributed by atoms with van der Waals surface area (Å²) in [6, 6.07) is 16.9. The number of alkyl halides is 2. The second kappa shape index (κ2) is 10.9. The molecule has 0 unspecified atom stereocenters. The summed E-state index contributed by atoms with van der Waals surface area (Å²) in [4.78, 5) is 34.0. The van der Waals surface area contributed by atoms with Crippen molar-refractivity contribution < 1.29 is 18.4 Å². The van der Waals surface area contributed by atoms with Crippen LogP contribution in [0.5, 0.6) is 0 Å². The van der Waals surface area contributed by atoms with E-state index in [9.17, 15) is 9.59 Å². The van der Waals surface area contributed by atoms with Crippen LogP contribution >= 0.6 is 11.6 Å². The number of halogens is 3. The molecule has 0 radical (unpaired) electrons. The molecule has 0 atom stereocenters. The molecular weight excluding hydrogens is 510 g/mol. The molecule has 3 aromatic rings. The fourth-order valence-electron chi connectivity index (χ4n) is 4.89. The lowest BCUT2D eigenvalue weighted by Crippen LogP contribution is -2.33. The Morgan fingerprint density at radius 1 is 1.03 bits per heavy atom. The van der Waals surface area contributed by atoms with Gasteiger partial charge in [0.05, 0.1) is 28.5 Å². The quantitative estimate of drug-likeness (QED) is 0.424. The summed E-state index contributed by atoms with van der Waals surface area (Å²) in [5, 5.41) is 2.89. The van der Waals surface area contributed by atoms with E-state index in [1.807, 2.05) is 6.07 Å². The van der Waals surface area contributed by atoms with Crippen molar-refractivity contribution in [2.75, 3.05) is 29.4 Å². The predicted octanol–water partition coefficient (Wildman–Crippen LogP) is 5.72. The molecular formula is C29H27ClF2N4O2. The Bertz CT molecular complexity index is 1370. The number of pyridine rings is 1. The number of para-hydroxylation sites is 1. The van der Waals surface area contributed by atoms with Crippen molar-refractivity contribution in [2.24, 2.45) is 0 Å². The van der Waals surface area contributed by atoms with Crippen LogP contribution in [-0.4, -0.2) is 42.4 Å². The van der Waals surface area contributed by atoms with Crippen LogP contribution in [0.15, 0.2) is 72.9 Å². The van der Waals surface area contributed by atoms with Crippen molar-refractivity contribution in [1.82, 2.24) is 10.3 Å². The van der Waals surface area contributed by atoms with E-state index in [-0.39, 0.29) is 29.2 Å². The minimum absolute atomic E-state index is 0.104. The first-order chi connectivity index (χ1) is 18.3. The van der Waals surface area contributed by atoms with Crippen LogP contribution in [0.3, 0.4) is 0 Å². The number of carbonyl (C=O) groups is 2. The van der Waals surface area contributed by atoms with E-state index in [1.54, 1.807) is 54.7 Å². The summed E-state index contributed by atoms with van der Waals surface area (Å²) >= 11 is 6.54. The lowest BCUT2D eigenvalue weighted by Gasteiger charge is -2.24. The molecule has 2 aliphatic rings. The van der Waals surface area contributed by atoms with E-state index in [0.29, 0.717) is 11.4 Å². The molecule has 196 valence electrons. The molecule has 6 nitrogen and oxygen atoms in total. The van der Waals surface area contributed by atoms with Crippen molar-refractivity contribution in [3.05, 3.63) is 94.8 Å². The number of nitrogens with zero attached hydrogens (tertiary/aromatic N) is 3. The molecule has 38 heavy (non-hydrogen) atoms. The fourth-order valence-corrected chi connectivity index (χ4v) is 5.15. The maximum absolute atomic E-state index is 15.4. The third kappa shape index (κ3) is 5.41. The van der Waals surface area contributed by atoms with E-state index in [4.69, 9.17) is 11.6 Å². The number of carbonyl (C=O) groups excluding carboxylic acids is 2. The molecule has 0 aliphatic carbocycles. The second-order valence-electron chi connectivity index (χ2n) is 9.38. The number of nitrogens with one attached hydrogen (secondary N) is 1. The van der Waals surface area contributed by atoms with Gasteiger partial charge in [0.15, 0.2) is 0 Å². The molecule has 1 fully saturated rings. The van der Waals surface area contributed by atoms with Crippen LogP contribution < -0.4 is 15.1 Å². The number of fused-ring (bicyclic) bond motifs is 1. The number of amides is 2. The van der Waals surface area contributed by atoms with Crippen LogP contribution in [0, 0.1) is 0 Å². The van der Waals surface area contributed by atoms with Gasteiger partial charge in [0.2, 0.25) is 5.91 Å². The van der Waals surface area contributed by atoms with Gasteiger partial charge in [0.1, 0.15) is 0 Å². The Balaban J connectivity index is 1.44. The molecule has 2 aromatic carbocycles. The molecule has 0 spiro atoms. The van der Waals surface area contributed by atoms with Gasteiger partial charge in [-0.15, -0.1) is 0 Å². The average molecular weight is 537 g/mol. The predicted molar refractivity (Wildman–Crippen MR) is 145 cm³/mol. The Kier molecular flexibility index (Phi) is 7.42. The summed E-state index contributed by atoms with van der Waals surface area (Å²) in [7, 11) is 0. The largest absolute Gasteiger partial charge is 0.371 e. The van der Waals surface area contributed by atoms with Gasteiger partial charge in [-0.3, -0.25) is 14.6 Å². The van der Waals surface area contributed by atoms with E-state index in [2.05, 4.69) is 15.2 Å². The molecule has 1 N–H and O–H groups in total. The number of aromatic nitrogens is 1. The van der Waals surface area contributed by atoms with E-state index in [1.165, 1.54) is 11.0 Å². The number of hydrogen-bond donors (Lipinski definition) is 1. The monoisotopic (exact) mass is 536 g/mol. The maximum atomic E-state index is 15.4. The molecule has 1 aromatic heterocycles. The van der Waals surface area contributed by atoms with Crippen molar-refractivity contribution in [3.8, 4) is 0 Å². The van der Waals surface area contributed by atoms with E-state index >= 15 is 8.78 Å². The zero-order chi connectivity index (χ0) is 26.7. The van der Waals surface area contributed by atoms with Gasteiger partial charge < -0.3 is 15.1 Å². The molecule has 3 heterocycles.